The third-order valence-electron chi connectivity index (χ3n) is 2.45. The van der Waals surface area contributed by atoms with E-state index in [1.807, 2.05) is 0 Å². The Balaban J connectivity index is 2.99. The largest absolute Gasteiger partial charge is 0.469 e. The molecule has 1 aromatic rings. The standard InChI is InChI=1S/C12H13Cl2FO2/c1-17-12(16)10(3-2-6-13)9-5-4-8(15)7-11(9)14/h4-5,7,10H,2-3,6H2,1H3. The third-order valence-corrected chi connectivity index (χ3v) is 3.04. The van der Waals surface area contributed by atoms with Crippen molar-refractivity contribution >= 4 is 29.2 Å². The molecule has 0 heterocycles. The lowest BCUT2D eigenvalue weighted by Gasteiger charge is -2.15. The summed E-state index contributed by atoms with van der Waals surface area (Å²) in [6.45, 7) is 0. The minimum absolute atomic E-state index is 0.231. The van der Waals surface area contributed by atoms with Crippen molar-refractivity contribution in [2.24, 2.45) is 0 Å². The molecule has 1 atom stereocenters. The summed E-state index contributed by atoms with van der Waals surface area (Å²) in [7, 11) is 1.31. The Labute approximate surface area is 110 Å². The van der Waals surface area contributed by atoms with Crippen LogP contribution in [0.2, 0.25) is 5.02 Å². The zero-order valence-corrected chi connectivity index (χ0v) is 10.9. The van der Waals surface area contributed by atoms with Gasteiger partial charge in [-0.15, -0.1) is 11.6 Å². The van der Waals surface area contributed by atoms with Crippen LogP contribution in [0.3, 0.4) is 0 Å². The second kappa shape index (κ2) is 6.82. The van der Waals surface area contributed by atoms with Crippen LogP contribution in [0.4, 0.5) is 4.39 Å². The minimum atomic E-state index is -0.494. The van der Waals surface area contributed by atoms with Crippen molar-refractivity contribution in [1.29, 1.82) is 0 Å². The van der Waals surface area contributed by atoms with Gasteiger partial charge in [-0.2, -0.15) is 0 Å². The van der Waals surface area contributed by atoms with Gasteiger partial charge in [-0.1, -0.05) is 17.7 Å². The molecule has 0 aromatic heterocycles. The lowest BCUT2D eigenvalue weighted by molar-refractivity contribution is -0.142. The molecule has 0 amide bonds. The van der Waals surface area contributed by atoms with Crippen LogP contribution in [0.5, 0.6) is 0 Å². The number of alkyl halides is 1. The summed E-state index contributed by atoms with van der Waals surface area (Å²) in [5, 5.41) is 0.231. The lowest BCUT2D eigenvalue weighted by atomic mass is 9.94. The van der Waals surface area contributed by atoms with Crippen LogP contribution < -0.4 is 0 Å². The minimum Gasteiger partial charge on any atom is -0.469 e. The van der Waals surface area contributed by atoms with Gasteiger partial charge in [0.05, 0.1) is 13.0 Å². The second-order valence-corrected chi connectivity index (χ2v) is 4.36. The van der Waals surface area contributed by atoms with E-state index >= 15 is 0 Å². The molecule has 17 heavy (non-hydrogen) atoms. The number of hydrogen-bond donors (Lipinski definition) is 0. The molecule has 1 rings (SSSR count). The first kappa shape index (κ1) is 14.3. The number of rotatable bonds is 5. The lowest BCUT2D eigenvalue weighted by Crippen LogP contribution is -2.15. The summed E-state index contributed by atoms with van der Waals surface area (Å²) in [6.07, 6.45) is 1.19. The second-order valence-electron chi connectivity index (χ2n) is 3.57. The molecule has 0 aliphatic carbocycles. The van der Waals surface area contributed by atoms with Gasteiger partial charge in [-0.05, 0) is 30.5 Å². The molecular weight excluding hydrogens is 266 g/mol. The van der Waals surface area contributed by atoms with Gasteiger partial charge in [0.15, 0.2) is 0 Å². The number of methoxy groups -OCH3 is 1. The first-order valence-electron chi connectivity index (χ1n) is 5.19. The predicted octanol–water partition coefficient (Wildman–Crippen LogP) is 3.75. The maximum atomic E-state index is 12.9. The summed E-state index contributed by atoms with van der Waals surface area (Å²) >= 11 is 11.5. The Morgan fingerprint density at radius 1 is 1.53 bits per heavy atom. The van der Waals surface area contributed by atoms with Crippen LogP contribution in [0.15, 0.2) is 18.2 Å². The van der Waals surface area contributed by atoms with Crippen LogP contribution in [0.1, 0.15) is 24.3 Å². The SMILES string of the molecule is COC(=O)C(CCCCl)c1ccc(F)cc1Cl. The van der Waals surface area contributed by atoms with Crippen LogP contribution in [0, 0.1) is 5.82 Å². The molecular formula is C12H13Cl2FO2. The smallest absolute Gasteiger partial charge is 0.313 e. The van der Waals surface area contributed by atoms with E-state index in [0.717, 1.165) is 0 Å². The van der Waals surface area contributed by atoms with Crippen molar-refractivity contribution < 1.29 is 13.9 Å². The van der Waals surface area contributed by atoms with E-state index in [-0.39, 0.29) is 11.0 Å². The Bertz CT molecular complexity index is 396. The summed E-state index contributed by atoms with van der Waals surface area (Å²) < 4.78 is 17.6. The van der Waals surface area contributed by atoms with Gasteiger partial charge in [-0.25, -0.2) is 4.39 Å². The summed E-state index contributed by atoms with van der Waals surface area (Å²) in [5.41, 5.74) is 0.574. The number of benzene rings is 1. The highest BCUT2D eigenvalue weighted by atomic mass is 35.5. The molecule has 0 aliphatic rings. The van der Waals surface area contributed by atoms with Crippen molar-refractivity contribution in [3.05, 3.63) is 34.6 Å². The van der Waals surface area contributed by atoms with Crippen LogP contribution in [-0.2, 0) is 9.53 Å². The number of carbonyl (C=O) groups is 1. The molecule has 0 saturated carbocycles. The zero-order chi connectivity index (χ0) is 12.8. The highest BCUT2D eigenvalue weighted by Crippen LogP contribution is 2.30. The van der Waals surface area contributed by atoms with Gasteiger partial charge in [-0.3, -0.25) is 4.79 Å². The van der Waals surface area contributed by atoms with Crippen LogP contribution in [-0.4, -0.2) is 19.0 Å². The molecule has 5 heteroatoms. The fourth-order valence-corrected chi connectivity index (χ4v) is 2.06. The molecule has 0 saturated heterocycles. The molecule has 1 unspecified atom stereocenters. The normalized spacial score (nSPS) is 12.2. The Hall–Kier alpha value is -0.800. The highest BCUT2D eigenvalue weighted by Gasteiger charge is 2.23. The van der Waals surface area contributed by atoms with E-state index in [2.05, 4.69) is 0 Å². The van der Waals surface area contributed by atoms with Gasteiger partial charge in [0.25, 0.3) is 0 Å². The van der Waals surface area contributed by atoms with E-state index in [0.29, 0.717) is 24.3 Å². The van der Waals surface area contributed by atoms with E-state index < -0.39 is 11.7 Å². The van der Waals surface area contributed by atoms with Crippen molar-refractivity contribution in [2.75, 3.05) is 13.0 Å². The van der Waals surface area contributed by atoms with E-state index in [1.54, 1.807) is 0 Å². The molecule has 0 fully saturated rings. The molecule has 2 nitrogen and oxygen atoms in total. The van der Waals surface area contributed by atoms with Crippen molar-refractivity contribution in [2.45, 2.75) is 18.8 Å². The molecule has 1 aromatic carbocycles. The van der Waals surface area contributed by atoms with Crippen LogP contribution >= 0.6 is 23.2 Å². The van der Waals surface area contributed by atoms with Crippen molar-refractivity contribution in [3.8, 4) is 0 Å². The number of halogens is 3. The molecule has 0 bridgehead atoms. The van der Waals surface area contributed by atoms with Gasteiger partial charge >= 0.3 is 5.97 Å². The number of hydrogen-bond acceptors (Lipinski definition) is 2. The fraction of sp³-hybridized carbons (Fsp3) is 0.417. The Morgan fingerprint density at radius 3 is 2.76 bits per heavy atom. The molecule has 0 radical (unpaired) electrons. The van der Waals surface area contributed by atoms with Gasteiger partial charge in [0, 0.05) is 10.9 Å². The Morgan fingerprint density at radius 2 is 2.24 bits per heavy atom. The number of carbonyl (C=O) groups excluding carboxylic acids is 1. The quantitative estimate of drug-likeness (QED) is 0.606. The predicted molar refractivity (Wildman–Crippen MR) is 66.1 cm³/mol. The van der Waals surface area contributed by atoms with Crippen molar-refractivity contribution in [1.82, 2.24) is 0 Å². The summed E-state index contributed by atoms with van der Waals surface area (Å²) in [5.74, 6) is -0.859. The average molecular weight is 279 g/mol. The van der Waals surface area contributed by atoms with Gasteiger partial charge in [0.1, 0.15) is 5.82 Å². The van der Waals surface area contributed by atoms with Gasteiger partial charge in [0.2, 0.25) is 0 Å². The zero-order valence-electron chi connectivity index (χ0n) is 9.38. The molecule has 0 aliphatic heterocycles. The summed E-state index contributed by atoms with van der Waals surface area (Å²) in [6, 6.07) is 3.97. The number of esters is 1. The maximum absolute atomic E-state index is 12.9. The average Bonchev–Trinajstić information content (AvgIpc) is 2.31. The molecule has 0 N–H and O–H groups in total. The summed E-state index contributed by atoms with van der Waals surface area (Å²) in [4.78, 5) is 11.6. The number of ether oxygens (including phenoxy) is 1. The Kier molecular flexibility index (Phi) is 5.72. The fourth-order valence-electron chi connectivity index (χ4n) is 1.61. The third kappa shape index (κ3) is 3.86. The topological polar surface area (TPSA) is 26.3 Å². The monoisotopic (exact) mass is 278 g/mol. The maximum Gasteiger partial charge on any atom is 0.313 e. The van der Waals surface area contributed by atoms with Crippen LogP contribution in [0.25, 0.3) is 0 Å². The molecule has 0 spiro atoms. The first-order chi connectivity index (χ1) is 8.10. The first-order valence-corrected chi connectivity index (χ1v) is 6.10. The highest BCUT2D eigenvalue weighted by molar-refractivity contribution is 6.31. The van der Waals surface area contributed by atoms with Crippen molar-refractivity contribution in [3.63, 3.8) is 0 Å². The van der Waals surface area contributed by atoms with E-state index in [1.165, 1.54) is 25.3 Å². The van der Waals surface area contributed by atoms with E-state index in [9.17, 15) is 9.18 Å². The molecule has 94 valence electrons. The van der Waals surface area contributed by atoms with E-state index in [4.69, 9.17) is 27.9 Å². The van der Waals surface area contributed by atoms with Gasteiger partial charge < -0.3 is 4.74 Å².